The van der Waals surface area contributed by atoms with Crippen molar-refractivity contribution < 1.29 is 19.1 Å². The molecule has 0 aliphatic carbocycles. The van der Waals surface area contributed by atoms with Gasteiger partial charge in [0, 0.05) is 6.54 Å². The van der Waals surface area contributed by atoms with E-state index in [0.29, 0.717) is 0 Å². The van der Waals surface area contributed by atoms with Crippen molar-refractivity contribution in [1.82, 2.24) is 5.32 Å². The molecule has 0 spiro atoms. The summed E-state index contributed by atoms with van der Waals surface area (Å²) in [6.45, 7) is 2.71. The van der Waals surface area contributed by atoms with Crippen LogP contribution in [0.15, 0.2) is 60.7 Å². The molecule has 0 heterocycles. The molecule has 0 bridgehead atoms. The lowest BCUT2D eigenvalue weighted by Crippen LogP contribution is -2.30. The highest BCUT2D eigenvalue weighted by Crippen LogP contribution is 2.12. The average Bonchev–Trinajstić information content (AvgIpc) is 2.73. The largest absolute Gasteiger partial charge is 0.468 e. The highest BCUT2D eigenvalue weighted by atomic mass is 16.5. The molecule has 0 amide bonds. The maximum atomic E-state index is 12.5. The number of allylic oxidation sites excluding steroid dienone is 2. The molecular formula is C24H25NO4. The molecule has 2 rings (SSSR count). The van der Waals surface area contributed by atoms with E-state index in [1.807, 2.05) is 62.5 Å². The number of hydrogen-bond donors (Lipinski definition) is 1. The van der Waals surface area contributed by atoms with Gasteiger partial charge in [-0.3, -0.25) is 14.4 Å². The maximum absolute atomic E-state index is 12.5. The number of methoxy groups -OCH3 is 1. The Morgan fingerprint density at radius 1 is 0.897 bits per heavy atom. The Morgan fingerprint density at radius 2 is 1.38 bits per heavy atom. The van der Waals surface area contributed by atoms with Gasteiger partial charge in [-0.05, 0) is 42.8 Å². The molecule has 0 fully saturated rings. The molecule has 0 saturated carbocycles. The van der Waals surface area contributed by atoms with Crippen LogP contribution in [-0.2, 0) is 25.7 Å². The number of ketones is 2. The van der Waals surface area contributed by atoms with E-state index in [1.165, 1.54) is 12.2 Å². The number of nitrogens with one attached hydrogen (secondary N) is 1. The number of hydrogen-bond acceptors (Lipinski definition) is 5. The minimum atomic E-state index is -1.51. The van der Waals surface area contributed by atoms with Gasteiger partial charge in [0.1, 0.15) is 0 Å². The van der Waals surface area contributed by atoms with Crippen LogP contribution in [-0.4, -0.2) is 31.7 Å². The lowest BCUT2D eigenvalue weighted by atomic mass is 9.97. The van der Waals surface area contributed by atoms with Crippen molar-refractivity contribution in [2.75, 3.05) is 14.2 Å². The van der Waals surface area contributed by atoms with E-state index in [0.717, 1.165) is 35.9 Å². The fourth-order valence-corrected chi connectivity index (χ4v) is 2.67. The Kier molecular flexibility index (Phi) is 8.25. The third kappa shape index (κ3) is 6.66. The molecule has 0 saturated heterocycles. The summed E-state index contributed by atoms with van der Waals surface area (Å²) in [5.41, 5.74) is 3.81. The highest BCUT2D eigenvalue weighted by Gasteiger charge is 2.31. The Balaban J connectivity index is 2.13. The fraction of sp³-hybridized carbons (Fsp3) is 0.208. The molecule has 2 aromatic carbocycles. The van der Waals surface area contributed by atoms with Gasteiger partial charge in [0.05, 0.1) is 7.11 Å². The zero-order valence-corrected chi connectivity index (χ0v) is 16.8. The third-order valence-corrected chi connectivity index (χ3v) is 4.32. The molecule has 2 aromatic rings. The molecule has 0 aromatic heterocycles. The van der Waals surface area contributed by atoms with E-state index >= 15 is 0 Å². The van der Waals surface area contributed by atoms with Crippen molar-refractivity contribution in [2.24, 2.45) is 5.92 Å². The van der Waals surface area contributed by atoms with E-state index in [1.54, 1.807) is 12.2 Å². The second kappa shape index (κ2) is 10.9. The first-order valence-corrected chi connectivity index (χ1v) is 9.26. The molecule has 1 atom stereocenters. The summed E-state index contributed by atoms with van der Waals surface area (Å²) in [5.74, 6) is -3.62. The van der Waals surface area contributed by atoms with Crippen molar-refractivity contribution in [3.05, 3.63) is 82.9 Å². The molecule has 0 aliphatic rings. The summed E-state index contributed by atoms with van der Waals surface area (Å²) in [6, 6.07) is 15.1. The summed E-state index contributed by atoms with van der Waals surface area (Å²) in [7, 11) is 3.02. The number of benzene rings is 2. The van der Waals surface area contributed by atoms with Gasteiger partial charge in [-0.1, -0.05) is 66.2 Å². The summed E-state index contributed by atoms with van der Waals surface area (Å²) >= 11 is 0. The molecule has 0 aliphatic heterocycles. The van der Waals surface area contributed by atoms with E-state index < -0.39 is 23.5 Å². The second-order valence-corrected chi connectivity index (χ2v) is 6.61. The van der Waals surface area contributed by atoms with Crippen LogP contribution in [0.2, 0.25) is 0 Å². The van der Waals surface area contributed by atoms with Gasteiger partial charge in [-0.25, -0.2) is 0 Å². The van der Waals surface area contributed by atoms with Crippen molar-refractivity contribution in [3.63, 3.8) is 0 Å². The number of rotatable bonds is 9. The highest BCUT2D eigenvalue weighted by molar-refractivity contribution is 6.24. The lowest BCUT2D eigenvalue weighted by molar-refractivity contribution is -0.150. The minimum absolute atomic E-state index is 0.614. The van der Waals surface area contributed by atoms with Crippen LogP contribution in [0.1, 0.15) is 22.3 Å². The van der Waals surface area contributed by atoms with Crippen LogP contribution >= 0.6 is 0 Å². The summed E-state index contributed by atoms with van der Waals surface area (Å²) in [6.07, 6.45) is 5.64. The van der Waals surface area contributed by atoms with E-state index in [-0.39, 0.29) is 0 Å². The van der Waals surface area contributed by atoms with Crippen LogP contribution < -0.4 is 5.32 Å². The topological polar surface area (TPSA) is 72.5 Å². The van der Waals surface area contributed by atoms with Crippen molar-refractivity contribution in [3.8, 4) is 0 Å². The van der Waals surface area contributed by atoms with Gasteiger partial charge < -0.3 is 10.1 Å². The Bertz CT molecular complexity index is 909. The van der Waals surface area contributed by atoms with Crippen molar-refractivity contribution >= 4 is 29.7 Å². The smallest absolute Gasteiger partial charge is 0.324 e. The number of ether oxygens (including phenoxy) is 1. The first-order chi connectivity index (χ1) is 13.9. The van der Waals surface area contributed by atoms with E-state index in [4.69, 9.17) is 0 Å². The van der Waals surface area contributed by atoms with Crippen molar-refractivity contribution in [2.45, 2.75) is 13.5 Å². The molecule has 5 heteroatoms. The third-order valence-electron chi connectivity index (χ3n) is 4.32. The molecule has 29 heavy (non-hydrogen) atoms. The van der Waals surface area contributed by atoms with Gasteiger partial charge in [0.15, 0.2) is 17.5 Å². The molecule has 1 unspecified atom stereocenters. The van der Waals surface area contributed by atoms with Gasteiger partial charge >= 0.3 is 5.97 Å². The Labute approximate surface area is 171 Å². The maximum Gasteiger partial charge on any atom is 0.324 e. The molecule has 150 valence electrons. The predicted molar refractivity (Wildman–Crippen MR) is 114 cm³/mol. The monoisotopic (exact) mass is 391 g/mol. The van der Waals surface area contributed by atoms with Gasteiger partial charge in [0.2, 0.25) is 0 Å². The number of aryl methyl sites for hydroxylation is 1. The number of carbonyl (C=O) groups excluding carboxylic acids is 3. The van der Waals surface area contributed by atoms with E-state index in [2.05, 4.69) is 10.1 Å². The number of carbonyl (C=O) groups is 3. The average molecular weight is 391 g/mol. The molecule has 0 radical (unpaired) electrons. The van der Waals surface area contributed by atoms with Crippen LogP contribution in [0.25, 0.3) is 12.2 Å². The standard InChI is InChI=1S/C24H25NO4/c1-17-4-6-18(7-5-17)12-14-21(26)23(24(28)29-3)22(27)15-13-19-8-10-20(11-9-19)16-25-2/h4-15,23,25H,16H2,1-3H3/b14-12+,15-13+. The first-order valence-electron chi connectivity index (χ1n) is 9.26. The van der Waals surface area contributed by atoms with Gasteiger partial charge in [-0.2, -0.15) is 0 Å². The molecular weight excluding hydrogens is 366 g/mol. The van der Waals surface area contributed by atoms with Crippen LogP contribution in [0.4, 0.5) is 0 Å². The first kappa shape index (κ1) is 22.0. The van der Waals surface area contributed by atoms with E-state index in [9.17, 15) is 14.4 Å². The molecule has 1 N–H and O–H groups in total. The fourth-order valence-electron chi connectivity index (χ4n) is 2.67. The summed E-state index contributed by atoms with van der Waals surface area (Å²) < 4.78 is 4.66. The van der Waals surface area contributed by atoms with Crippen molar-refractivity contribution in [1.29, 1.82) is 0 Å². The van der Waals surface area contributed by atoms with Gasteiger partial charge in [0.25, 0.3) is 0 Å². The zero-order chi connectivity index (χ0) is 21.2. The SMILES string of the molecule is CNCc1ccc(/C=C/C(=O)C(C(=O)/C=C/c2ccc(C)cc2)C(=O)OC)cc1. The normalized spacial score (nSPS) is 12.2. The quantitative estimate of drug-likeness (QED) is 0.403. The summed E-state index contributed by atoms with van der Waals surface area (Å²) in [5, 5.41) is 3.06. The Morgan fingerprint density at radius 3 is 1.83 bits per heavy atom. The number of esters is 1. The van der Waals surface area contributed by atoms with Crippen LogP contribution in [0.5, 0.6) is 0 Å². The van der Waals surface area contributed by atoms with Crippen LogP contribution in [0.3, 0.4) is 0 Å². The van der Waals surface area contributed by atoms with Gasteiger partial charge in [-0.15, -0.1) is 0 Å². The predicted octanol–water partition coefficient (Wildman–Crippen LogP) is 3.37. The second-order valence-electron chi connectivity index (χ2n) is 6.61. The lowest BCUT2D eigenvalue weighted by Gasteiger charge is -2.08. The molecule has 5 nitrogen and oxygen atoms in total. The minimum Gasteiger partial charge on any atom is -0.468 e. The zero-order valence-electron chi connectivity index (χ0n) is 16.8. The summed E-state index contributed by atoms with van der Waals surface area (Å²) in [4.78, 5) is 37.1. The van der Waals surface area contributed by atoms with Crippen LogP contribution in [0, 0.1) is 12.8 Å². The Hall–Kier alpha value is -3.31.